The number of halogens is 2. The van der Waals surface area contributed by atoms with Crippen molar-refractivity contribution in [2.24, 2.45) is 0 Å². The Hall–Kier alpha value is -1.32. The maximum Gasteiger partial charge on any atom is 0.226 e. The molecule has 2 atom stereocenters. The molecule has 2 aromatic rings. The number of nitrogens with zero attached hydrogens (tertiary/aromatic N) is 2. The molecule has 32 heavy (non-hydrogen) atoms. The molecule has 0 unspecified atom stereocenters. The van der Waals surface area contributed by atoms with Crippen LogP contribution < -0.4 is 5.32 Å². The average molecular weight is 516 g/mol. The number of fused-ring (bicyclic) bond motifs is 3. The number of nitrogens with one attached hydrogen (secondary N) is 1. The summed E-state index contributed by atoms with van der Waals surface area (Å²) in [6.07, 6.45) is 2.87. The summed E-state index contributed by atoms with van der Waals surface area (Å²) in [6, 6.07) is 5.33. The lowest BCUT2D eigenvalue weighted by atomic mass is 9.49. The minimum absolute atomic E-state index is 0.0186. The van der Waals surface area contributed by atoms with Crippen molar-refractivity contribution in [3.8, 4) is 0 Å². The van der Waals surface area contributed by atoms with E-state index in [1.807, 2.05) is 6.07 Å². The summed E-state index contributed by atoms with van der Waals surface area (Å²) in [6.45, 7) is 2.04. The van der Waals surface area contributed by atoms with Crippen LogP contribution in [0.4, 0.5) is 4.39 Å². The summed E-state index contributed by atoms with van der Waals surface area (Å²) in [5, 5.41) is 2.94. The molecule has 1 aromatic carbocycles. The normalized spacial score (nSPS) is 24.8. The van der Waals surface area contributed by atoms with Gasteiger partial charge >= 0.3 is 0 Å². The Kier molecular flexibility index (Phi) is 5.53. The zero-order chi connectivity index (χ0) is 22.8. The third-order valence-electron chi connectivity index (χ3n) is 7.17. The number of hydrogen-bond acceptors (Lipinski definition) is 3. The Morgan fingerprint density at radius 1 is 1.34 bits per heavy atom. The van der Waals surface area contributed by atoms with Crippen molar-refractivity contribution in [2.75, 3.05) is 13.2 Å². The Labute approximate surface area is 203 Å². The Balaban J connectivity index is 1.51. The lowest BCUT2D eigenvalue weighted by molar-refractivity contribution is -0.121. The van der Waals surface area contributed by atoms with E-state index in [0.29, 0.717) is 19.8 Å². The average Bonchev–Trinajstić information content (AvgIpc) is 3.23. The van der Waals surface area contributed by atoms with E-state index in [9.17, 15) is 9.18 Å². The summed E-state index contributed by atoms with van der Waals surface area (Å²) in [7, 11) is 6.35. The molecule has 1 aromatic heterocycles. The standard InChI is InChI=1S/C21H26B3BrFN3O2S/c22-21(23,24)29-16(8-17(30)27-12-3-5-31-6-4-12)18-14-9-20(14,10-28(18)19(29)32)13-7-11(25)1-2-15(13)26/h1-2,7,12,14H,3-6,8-10,22-24H2,(H,27,30)/t14-,20+/m0/s1. The van der Waals surface area contributed by atoms with Gasteiger partial charge in [0.1, 0.15) is 29.4 Å². The number of imidazole rings is 1. The molecule has 11 heteroatoms. The van der Waals surface area contributed by atoms with E-state index in [0.717, 1.165) is 45.5 Å². The number of amides is 1. The van der Waals surface area contributed by atoms with Crippen LogP contribution in [-0.2, 0) is 33.1 Å². The second-order valence-corrected chi connectivity index (χ2v) is 11.7. The van der Waals surface area contributed by atoms with Crippen LogP contribution in [0.5, 0.6) is 0 Å². The zero-order valence-corrected chi connectivity index (χ0v) is 21.1. The number of carbonyl (C=O) groups is 1. The zero-order valence-electron chi connectivity index (χ0n) is 18.7. The minimum atomic E-state index is -0.264. The molecule has 2 aliphatic heterocycles. The van der Waals surface area contributed by atoms with Gasteiger partial charge in [-0.2, -0.15) is 0 Å². The first-order chi connectivity index (χ1) is 15.1. The van der Waals surface area contributed by atoms with Crippen molar-refractivity contribution in [3.05, 3.63) is 50.2 Å². The molecule has 1 N–H and O–H groups in total. The number of carbonyl (C=O) groups excluding carboxylic acids is 1. The first kappa shape index (κ1) is 22.5. The van der Waals surface area contributed by atoms with Crippen molar-refractivity contribution < 1.29 is 13.9 Å². The summed E-state index contributed by atoms with van der Waals surface area (Å²) >= 11 is 9.41. The third-order valence-corrected chi connectivity index (χ3v) is 8.07. The molecule has 0 bridgehead atoms. The van der Waals surface area contributed by atoms with Gasteiger partial charge in [-0.1, -0.05) is 15.9 Å². The van der Waals surface area contributed by atoms with Gasteiger partial charge in [-0.05, 0) is 60.5 Å². The fourth-order valence-electron chi connectivity index (χ4n) is 5.67. The lowest BCUT2D eigenvalue weighted by Crippen LogP contribution is -2.41. The van der Waals surface area contributed by atoms with Gasteiger partial charge in [-0.15, -0.1) is 0 Å². The van der Waals surface area contributed by atoms with Gasteiger partial charge in [0.25, 0.3) is 0 Å². The molecule has 3 aliphatic rings. The Morgan fingerprint density at radius 2 is 2.06 bits per heavy atom. The summed E-state index contributed by atoms with van der Waals surface area (Å²) in [5.41, 5.74) is 2.58. The topological polar surface area (TPSA) is 48.2 Å². The Bertz CT molecular complexity index is 1160. The molecule has 0 spiro atoms. The number of rotatable bonds is 5. The van der Waals surface area contributed by atoms with Gasteiger partial charge in [0.05, 0.1) is 6.42 Å². The first-order valence-electron chi connectivity index (χ1n) is 11.3. The third kappa shape index (κ3) is 3.64. The highest BCUT2D eigenvalue weighted by Gasteiger charge is 2.64. The van der Waals surface area contributed by atoms with Crippen LogP contribution in [0.1, 0.15) is 42.1 Å². The van der Waals surface area contributed by atoms with E-state index in [1.165, 1.54) is 6.07 Å². The molecule has 166 valence electrons. The van der Waals surface area contributed by atoms with Gasteiger partial charge in [-0.25, -0.2) is 4.39 Å². The molecule has 2 fully saturated rings. The van der Waals surface area contributed by atoms with E-state index in [4.69, 9.17) is 17.0 Å². The predicted molar refractivity (Wildman–Crippen MR) is 136 cm³/mol. The fraction of sp³-hybridized carbons (Fsp3) is 0.524. The number of ether oxygens (including phenoxy) is 1. The highest BCUT2D eigenvalue weighted by atomic mass is 79.9. The molecule has 0 radical (unpaired) electrons. The molecule has 1 saturated heterocycles. The van der Waals surface area contributed by atoms with Crippen molar-refractivity contribution in [1.82, 2.24) is 14.5 Å². The van der Waals surface area contributed by atoms with Crippen LogP contribution in [0.25, 0.3) is 0 Å². The Morgan fingerprint density at radius 3 is 2.75 bits per heavy atom. The summed E-state index contributed by atoms with van der Waals surface area (Å²) in [4.78, 5) is 13.1. The van der Waals surface area contributed by atoms with Crippen LogP contribution in [0.3, 0.4) is 0 Å². The van der Waals surface area contributed by atoms with Gasteiger partial charge in [0.15, 0.2) is 4.77 Å². The van der Waals surface area contributed by atoms with E-state index in [-0.39, 0.29) is 40.8 Å². The van der Waals surface area contributed by atoms with E-state index in [2.05, 4.69) is 53.9 Å². The maximum absolute atomic E-state index is 14.8. The smallest absolute Gasteiger partial charge is 0.226 e. The fourth-order valence-corrected chi connectivity index (χ4v) is 6.58. The van der Waals surface area contributed by atoms with Crippen molar-refractivity contribution in [2.45, 2.75) is 54.8 Å². The number of hydrogen-bond donors (Lipinski definition) is 1. The minimum Gasteiger partial charge on any atom is -0.381 e. The van der Waals surface area contributed by atoms with E-state index in [1.54, 1.807) is 6.07 Å². The van der Waals surface area contributed by atoms with Crippen molar-refractivity contribution in [3.63, 3.8) is 0 Å². The molecular formula is C21H26B3BrFN3O2S. The largest absolute Gasteiger partial charge is 0.381 e. The van der Waals surface area contributed by atoms with Crippen LogP contribution in [0, 0.1) is 10.6 Å². The molecule has 1 amide bonds. The summed E-state index contributed by atoms with van der Waals surface area (Å²) < 4.78 is 26.1. The molecule has 1 saturated carbocycles. The van der Waals surface area contributed by atoms with Crippen LogP contribution in [0.2, 0.25) is 0 Å². The molecule has 1 aliphatic carbocycles. The quantitative estimate of drug-likeness (QED) is 0.470. The lowest BCUT2D eigenvalue weighted by Gasteiger charge is -2.26. The second-order valence-electron chi connectivity index (χ2n) is 10.4. The van der Waals surface area contributed by atoms with Crippen LogP contribution in [0.15, 0.2) is 22.7 Å². The monoisotopic (exact) mass is 515 g/mol. The number of aromatic nitrogens is 2. The van der Waals surface area contributed by atoms with Gasteiger partial charge in [-0.3, -0.25) is 4.79 Å². The van der Waals surface area contributed by atoms with E-state index < -0.39 is 0 Å². The maximum atomic E-state index is 14.8. The van der Waals surface area contributed by atoms with Gasteiger partial charge in [0.2, 0.25) is 5.91 Å². The van der Waals surface area contributed by atoms with Crippen LogP contribution >= 0.6 is 28.1 Å². The van der Waals surface area contributed by atoms with Gasteiger partial charge < -0.3 is 19.2 Å². The molecule has 5 nitrogen and oxygen atoms in total. The second kappa shape index (κ2) is 7.88. The predicted octanol–water partition coefficient (Wildman–Crippen LogP) is 0.664. The van der Waals surface area contributed by atoms with Crippen molar-refractivity contribution in [1.29, 1.82) is 0 Å². The highest BCUT2D eigenvalue weighted by molar-refractivity contribution is 9.10. The van der Waals surface area contributed by atoms with Gasteiger partial charge in [0, 0.05) is 53.0 Å². The first-order valence-corrected chi connectivity index (χ1v) is 12.5. The molecule has 5 rings (SSSR count). The SMILES string of the molecule is BC(B)(B)n1c(CC(=O)NC2CCOCC2)c2n(c1=S)C[C@@]1(c3cc(Br)ccc3F)C[C@@H]21. The number of benzene rings is 1. The summed E-state index contributed by atoms with van der Waals surface area (Å²) in [5.74, 6) is 0.0300. The highest BCUT2D eigenvalue weighted by Crippen LogP contribution is 2.67. The van der Waals surface area contributed by atoms with Crippen molar-refractivity contribution >= 4 is 57.6 Å². The molecule has 3 heterocycles. The van der Waals surface area contributed by atoms with Crippen LogP contribution in [-0.4, -0.2) is 57.8 Å². The molecular weight excluding hydrogens is 490 g/mol. The van der Waals surface area contributed by atoms with E-state index >= 15 is 0 Å².